The normalized spacial score (nSPS) is 8.88. The molecule has 50 valence electrons. The van der Waals surface area contributed by atoms with Crippen LogP contribution in [0.1, 0.15) is 1.43 Å². The van der Waals surface area contributed by atoms with Gasteiger partial charge in [-0.15, -0.1) is 0 Å². The molecule has 0 bridgehead atoms. The Morgan fingerprint density at radius 1 is 1.62 bits per heavy atom. The van der Waals surface area contributed by atoms with Crippen LogP contribution in [0, 0.1) is 0 Å². The molecule has 0 aromatic rings. The third-order valence-electron chi connectivity index (χ3n) is 0.0899. The van der Waals surface area contributed by atoms with Gasteiger partial charge in [-0.05, 0) is 4.53 Å². The van der Waals surface area contributed by atoms with E-state index < -0.39 is 7.82 Å². The smallest absolute Gasteiger partial charge is 1.00 e. The zero-order chi connectivity index (χ0) is 5.21. The molecule has 0 aliphatic carbocycles. The Hall–Kier alpha value is 1.13. The first-order chi connectivity index (χ1) is 2.56. The van der Waals surface area contributed by atoms with Crippen LogP contribution < -0.4 is 18.9 Å². The molecule has 8 heteroatoms. The maximum atomic E-state index is 10.2. The molecule has 0 spiro atoms. The molecule has 0 unspecified atom stereocenters. The molecule has 0 rings (SSSR count). The molecule has 0 amide bonds. The van der Waals surface area contributed by atoms with Crippen LogP contribution >= 0.6 is 7.82 Å². The van der Waals surface area contributed by atoms with Gasteiger partial charge in [-0.25, -0.2) is 4.57 Å². The second-order valence-corrected chi connectivity index (χ2v) is 1.68. The third kappa shape index (κ3) is 15.7. The van der Waals surface area contributed by atoms with E-state index in [0.717, 1.165) is 0 Å². The second kappa shape index (κ2) is 6.25. The first-order valence-electron chi connectivity index (χ1n) is 0.919. The van der Waals surface area contributed by atoms with Gasteiger partial charge in [0.15, 0.2) is 0 Å². The van der Waals surface area contributed by atoms with E-state index in [-0.39, 0.29) is 36.8 Å². The largest absolute Gasteiger partial charge is 1.00 e. The first kappa shape index (κ1) is 16.1. The number of halogens is 1. The van der Waals surface area contributed by atoms with Gasteiger partial charge >= 0.3 is 26.7 Å². The van der Waals surface area contributed by atoms with Gasteiger partial charge < -0.3 is 11.2 Å². The average molecular weight is 183 g/mol. The van der Waals surface area contributed by atoms with E-state index in [2.05, 4.69) is 4.73 Å². The molecular weight excluding hydrogens is 180 g/mol. The van der Waals surface area contributed by atoms with Crippen LogP contribution in [0.5, 0.6) is 0 Å². The minimum atomic E-state index is -4.81. The fraction of sp³-hybridized carbons (Fsp3) is 0. The molecule has 2 N–H and O–H groups in total. The molecule has 8 heavy (non-hydrogen) atoms. The van der Waals surface area contributed by atoms with Crippen molar-refractivity contribution in [2.24, 2.45) is 0 Å². The zero-order valence-electron chi connectivity index (χ0n) is 4.85. The van der Waals surface area contributed by atoms with Crippen LogP contribution in [0.25, 0.3) is 0 Å². The topological polar surface area (TPSA) is 66.8 Å². The first-order valence-corrected chi connectivity index (χ1v) is 2.45. The fourth-order valence-electron chi connectivity index (χ4n) is 0. The van der Waals surface area contributed by atoms with Crippen molar-refractivity contribution in [3.63, 3.8) is 0 Å². The summed E-state index contributed by atoms with van der Waals surface area (Å²) >= 11 is 0. The Morgan fingerprint density at radius 3 is 1.75 bits per heavy atom. The Bertz CT molecular complexity index is 84.6. The fourth-order valence-corrected chi connectivity index (χ4v) is 0. The van der Waals surface area contributed by atoms with Crippen LogP contribution in [-0.4, -0.2) is 9.79 Å². The molecule has 0 heterocycles. The van der Waals surface area contributed by atoms with Gasteiger partial charge in [0.1, 0.15) is 0 Å². The Kier molecular flexibility index (Phi) is 12.6. The van der Waals surface area contributed by atoms with Crippen molar-refractivity contribution < 1.29 is 60.4 Å². The number of rotatable bonds is 1. The molecular formula is H3FLiNiO4P. The quantitative estimate of drug-likeness (QED) is 0.337. The van der Waals surface area contributed by atoms with Crippen LogP contribution in [-0.2, 0) is 25.8 Å². The summed E-state index contributed by atoms with van der Waals surface area (Å²) in [7, 11) is -4.81. The van der Waals surface area contributed by atoms with E-state index in [0.29, 0.717) is 0 Å². The van der Waals surface area contributed by atoms with Crippen molar-refractivity contribution >= 4 is 7.82 Å². The van der Waals surface area contributed by atoms with Crippen molar-refractivity contribution in [1.29, 1.82) is 0 Å². The minimum absolute atomic E-state index is 0. The van der Waals surface area contributed by atoms with Gasteiger partial charge in [0.25, 0.3) is 0 Å². The molecule has 0 fully saturated rings. The monoisotopic (exact) mass is 182 g/mol. The van der Waals surface area contributed by atoms with Crippen LogP contribution in [0.15, 0.2) is 0 Å². The maximum Gasteiger partial charge on any atom is 1.00 e. The summed E-state index contributed by atoms with van der Waals surface area (Å²) in [4.78, 5) is 14.7. The summed E-state index contributed by atoms with van der Waals surface area (Å²) in [6.07, 6.45) is 0. The van der Waals surface area contributed by atoms with Crippen molar-refractivity contribution in [2.75, 3.05) is 0 Å². The van der Waals surface area contributed by atoms with E-state index in [1.165, 1.54) is 0 Å². The summed E-state index contributed by atoms with van der Waals surface area (Å²) < 4.78 is 21.4. The molecule has 0 radical (unpaired) electrons. The number of hydrogen-bond donors (Lipinski definition) is 2. The second-order valence-electron chi connectivity index (χ2n) is 0.560. The molecule has 4 nitrogen and oxygen atoms in total. The SMILES string of the molecule is O=P(O)(O)OF.[H-].[Li+].[Ni]. The number of hydrogen-bond acceptors (Lipinski definition) is 2. The summed E-state index contributed by atoms with van der Waals surface area (Å²) in [5.74, 6) is 0. The van der Waals surface area contributed by atoms with Crippen LogP contribution in [0.3, 0.4) is 0 Å². The van der Waals surface area contributed by atoms with Crippen molar-refractivity contribution in [3.8, 4) is 0 Å². The van der Waals surface area contributed by atoms with E-state index in [1.807, 2.05) is 0 Å². The van der Waals surface area contributed by atoms with Gasteiger partial charge in [0.05, 0.1) is 0 Å². The van der Waals surface area contributed by atoms with Crippen molar-refractivity contribution in [2.45, 2.75) is 0 Å². The van der Waals surface area contributed by atoms with Crippen LogP contribution in [0.2, 0.25) is 0 Å². The van der Waals surface area contributed by atoms with Gasteiger partial charge in [0, 0.05) is 16.5 Å². The van der Waals surface area contributed by atoms with E-state index >= 15 is 0 Å². The predicted molar refractivity (Wildman–Crippen MR) is 15.3 cm³/mol. The van der Waals surface area contributed by atoms with E-state index in [4.69, 9.17) is 14.4 Å². The standard InChI is InChI=1S/FH2O4P.Li.Ni.H/c1-5-6(2,3)4;;;/h(H2,2,3,4);;;/q;+1;;-1. The molecule has 0 aromatic carbocycles. The van der Waals surface area contributed by atoms with Gasteiger partial charge in [-0.3, -0.25) is 0 Å². The van der Waals surface area contributed by atoms with Gasteiger partial charge in [0.2, 0.25) is 0 Å². The predicted octanol–water partition coefficient (Wildman–Crippen LogP) is -2.91. The summed E-state index contributed by atoms with van der Waals surface area (Å²) in [5.41, 5.74) is 0. The molecule has 0 atom stereocenters. The Balaban J connectivity index is -0.0000000417. The average Bonchev–Trinajstić information content (AvgIpc) is 1.35. The van der Waals surface area contributed by atoms with Gasteiger partial charge in [-0.2, -0.15) is 0 Å². The summed E-state index contributed by atoms with van der Waals surface area (Å²) in [6, 6.07) is 0. The molecule has 0 aliphatic heterocycles. The summed E-state index contributed by atoms with van der Waals surface area (Å²) in [6.45, 7) is 0. The number of phosphoric acid groups is 1. The van der Waals surface area contributed by atoms with Crippen molar-refractivity contribution in [1.82, 2.24) is 0 Å². The molecule has 0 saturated carbocycles. The molecule has 0 aliphatic rings. The Morgan fingerprint density at radius 2 is 1.75 bits per heavy atom. The van der Waals surface area contributed by atoms with Crippen molar-refractivity contribution in [3.05, 3.63) is 0 Å². The Labute approximate surface area is 68.5 Å². The molecule has 0 saturated heterocycles. The van der Waals surface area contributed by atoms with E-state index in [9.17, 15) is 4.53 Å². The summed E-state index contributed by atoms with van der Waals surface area (Å²) in [5, 5.41) is 0. The molecule has 0 aromatic heterocycles. The van der Waals surface area contributed by atoms with E-state index in [1.54, 1.807) is 0 Å². The minimum Gasteiger partial charge on any atom is -1.00 e. The van der Waals surface area contributed by atoms with Crippen LogP contribution in [0.4, 0.5) is 4.53 Å². The van der Waals surface area contributed by atoms with Gasteiger partial charge in [-0.1, -0.05) is 4.73 Å². The third-order valence-corrected chi connectivity index (χ3v) is 0.270. The zero-order valence-corrected chi connectivity index (χ0v) is 5.73. The maximum absolute atomic E-state index is 10.2.